The van der Waals surface area contributed by atoms with E-state index in [4.69, 9.17) is 0 Å². The molecular formula is C16H21NO2. The summed E-state index contributed by atoms with van der Waals surface area (Å²) in [6, 6.07) is 9.51. The van der Waals surface area contributed by atoms with Crippen LogP contribution in [0.2, 0.25) is 0 Å². The van der Waals surface area contributed by atoms with E-state index in [1.165, 1.54) is 6.42 Å². The van der Waals surface area contributed by atoms with Gasteiger partial charge in [-0.05, 0) is 26.2 Å². The van der Waals surface area contributed by atoms with Crippen LogP contribution in [0.25, 0.3) is 0 Å². The third-order valence-corrected chi connectivity index (χ3v) is 3.79. The average molecular weight is 259 g/mol. The Balaban J connectivity index is 1.85. The summed E-state index contributed by atoms with van der Waals surface area (Å²) in [6.45, 7) is 2.94. The Kier molecular flexibility index (Phi) is 4.72. The molecule has 3 heteroatoms. The number of likely N-dealkylation sites (tertiary alicyclic amines) is 1. The van der Waals surface area contributed by atoms with Gasteiger partial charge in [0.25, 0.3) is 0 Å². The van der Waals surface area contributed by atoms with E-state index in [0.29, 0.717) is 24.4 Å². The molecule has 102 valence electrons. The lowest BCUT2D eigenvalue weighted by atomic mass is 10.0. The van der Waals surface area contributed by atoms with Crippen LogP contribution >= 0.6 is 0 Å². The molecule has 1 amide bonds. The summed E-state index contributed by atoms with van der Waals surface area (Å²) in [5, 5.41) is 0. The SMILES string of the molecule is CC1CCCCN1C(=O)CCC(=O)c1ccccc1. The number of rotatable bonds is 4. The van der Waals surface area contributed by atoms with E-state index in [1.54, 1.807) is 12.1 Å². The first kappa shape index (κ1) is 13.8. The zero-order chi connectivity index (χ0) is 13.7. The molecule has 0 radical (unpaired) electrons. The van der Waals surface area contributed by atoms with Gasteiger partial charge in [0.05, 0.1) is 0 Å². The lowest BCUT2D eigenvalue weighted by Gasteiger charge is -2.33. The summed E-state index contributed by atoms with van der Waals surface area (Å²) in [7, 11) is 0. The van der Waals surface area contributed by atoms with Crippen molar-refractivity contribution >= 4 is 11.7 Å². The lowest BCUT2D eigenvalue weighted by molar-refractivity contribution is -0.134. The number of ketones is 1. The van der Waals surface area contributed by atoms with Crippen LogP contribution in [0.1, 0.15) is 49.4 Å². The third-order valence-electron chi connectivity index (χ3n) is 3.79. The highest BCUT2D eigenvalue weighted by molar-refractivity contribution is 5.97. The average Bonchev–Trinajstić information content (AvgIpc) is 2.46. The fraction of sp³-hybridized carbons (Fsp3) is 0.500. The molecule has 3 nitrogen and oxygen atoms in total. The number of hydrogen-bond donors (Lipinski definition) is 0. The number of nitrogens with zero attached hydrogens (tertiary/aromatic N) is 1. The number of piperidine rings is 1. The molecule has 2 rings (SSSR count). The standard InChI is InChI=1S/C16H21NO2/c1-13-7-5-6-12-17(13)16(19)11-10-15(18)14-8-3-2-4-9-14/h2-4,8-9,13H,5-7,10-12H2,1H3. The molecule has 0 bridgehead atoms. The fourth-order valence-corrected chi connectivity index (χ4v) is 2.60. The van der Waals surface area contributed by atoms with Crippen LogP contribution in [-0.4, -0.2) is 29.2 Å². The molecule has 1 aliphatic rings. The van der Waals surface area contributed by atoms with Gasteiger partial charge in [0.1, 0.15) is 0 Å². The van der Waals surface area contributed by atoms with Crippen LogP contribution in [0.3, 0.4) is 0 Å². The van der Waals surface area contributed by atoms with Crippen LogP contribution in [-0.2, 0) is 4.79 Å². The van der Waals surface area contributed by atoms with Crippen molar-refractivity contribution in [3.8, 4) is 0 Å². The second-order valence-corrected chi connectivity index (χ2v) is 5.22. The Morgan fingerprint density at radius 3 is 2.58 bits per heavy atom. The number of Topliss-reactive ketones (excluding diaryl/α,β-unsaturated/α-hetero) is 1. The van der Waals surface area contributed by atoms with Gasteiger partial charge in [-0.25, -0.2) is 0 Å². The minimum Gasteiger partial charge on any atom is -0.340 e. The molecule has 0 spiro atoms. The van der Waals surface area contributed by atoms with Gasteiger partial charge in [-0.2, -0.15) is 0 Å². The molecule has 1 aromatic rings. The van der Waals surface area contributed by atoms with Crippen molar-refractivity contribution in [2.24, 2.45) is 0 Å². The summed E-state index contributed by atoms with van der Waals surface area (Å²) >= 11 is 0. The summed E-state index contributed by atoms with van der Waals surface area (Å²) in [5.41, 5.74) is 0.696. The number of hydrogen-bond acceptors (Lipinski definition) is 2. The van der Waals surface area contributed by atoms with Crippen LogP contribution in [0.5, 0.6) is 0 Å². The van der Waals surface area contributed by atoms with E-state index in [-0.39, 0.29) is 11.7 Å². The predicted octanol–water partition coefficient (Wildman–Crippen LogP) is 3.05. The normalized spacial score (nSPS) is 19.2. The van der Waals surface area contributed by atoms with Crippen molar-refractivity contribution in [2.75, 3.05) is 6.54 Å². The van der Waals surface area contributed by atoms with E-state index in [0.717, 1.165) is 19.4 Å². The molecule has 1 saturated heterocycles. The number of carbonyl (C=O) groups excluding carboxylic acids is 2. The van der Waals surface area contributed by atoms with Crippen molar-refractivity contribution in [3.05, 3.63) is 35.9 Å². The highest BCUT2D eigenvalue weighted by atomic mass is 16.2. The Morgan fingerprint density at radius 2 is 1.89 bits per heavy atom. The van der Waals surface area contributed by atoms with Crippen LogP contribution in [0.15, 0.2) is 30.3 Å². The van der Waals surface area contributed by atoms with Gasteiger partial charge in [0, 0.05) is 31.0 Å². The van der Waals surface area contributed by atoms with Gasteiger partial charge in [-0.3, -0.25) is 9.59 Å². The monoisotopic (exact) mass is 259 g/mol. The van der Waals surface area contributed by atoms with E-state index >= 15 is 0 Å². The maximum absolute atomic E-state index is 12.1. The van der Waals surface area contributed by atoms with Crippen molar-refractivity contribution in [1.29, 1.82) is 0 Å². The lowest BCUT2D eigenvalue weighted by Crippen LogP contribution is -2.42. The molecule has 0 N–H and O–H groups in total. The van der Waals surface area contributed by atoms with Crippen molar-refractivity contribution in [1.82, 2.24) is 4.90 Å². The topological polar surface area (TPSA) is 37.4 Å². The molecule has 1 fully saturated rings. The molecule has 1 unspecified atom stereocenters. The molecule has 0 aromatic heterocycles. The van der Waals surface area contributed by atoms with E-state index in [1.807, 2.05) is 23.1 Å². The first-order valence-corrected chi connectivity index (χ1v) is 7.06. The minimum absolute atomic E-state index is 0.0543. The van der Waals surface area contributed by atoms with Crippen molar-refractivity contribution < 1.29 is 9.59 Å². The van der Waals surface area contributed by atoms with E-state index in [9.17, 15) is 9.59 Å². The molecule has 1 heterocycles. The van der Waals surface area contributed by atoms with Gasteiger partial charge in [-0.1, -0.05) is 30.3 Å². The maximum Gasteiger partial charge on any atom is 0.223 e. The molecule has 0 saturated carbocycles. The Hall–Kier alpha value is -1.64. The predicted molar refractivity (Wildman–Crippen MR) is 75.0 cm³/mol. The summed E-state index contributed by atoms with van der Waals surface area (Å²) in [5.74, 6) is 0.176. The number of carbonyl (C=O) groups is 2. The van der Waals surface area contributed by atoms with Gasteiger partial charge < -0.3 is 4.90 Å². The Labute approximate surface area is 114 Å². The van der Waals surface area contributed by atoms with Gasteiger partial charge >= 0.3 is 0 Å². The van der Waals surface area contributed by atoms with Crippen LogP contribution < -0.4 is 0 Å². The summed E-state index contributed by atoms with van der Waals surface area (Å²) < 4.78 is 0. The fourth-order valence-electron chi connectivity index (χ4n) is 2.60. The second kappa shape index (κ2) is 6.50. The Morgan fingerprint density at radius 1 is 1.16 bits per heavy atom. The number of benzene rings is 1. The molecule has 1 atom stereocenters. The van der Waals surface area contributed by atoms with Crippen molar-refractivity contribution in [3.63, 3.8) is 0 Å². The molecule has 1 aliphatic heterocycles. The highest BCUT2D eigenvalue weighted by Crippen LogP contribution is 2.18. The summed E-state index contributed by atoms with van der Waals surface area (Å²) in [4.78, 5) is 26.0. The number of amides is 1. The quantitative estimate of drug-likeness (QED) is 0.779. The minimum atomic E-state index is 0.0543. The van der Waals surface area contributed by atoms with E-state index < -0.39 is 0 Å². The van der Waals surface area contributed by atoms with Gasteiger partial charge in [0.15, 0.2) is 5.78 Å². The van der Waals surface area contributed by atoms with Crippen LogP contribution in [0.4, 0.5) is 0 Å². The Bertz CT molecular complexity index is 441. The highest BCUT2D eigenvalue weighted by Gasteiger charge is 2.23. The zero-order valence-corrected chi connectivity index (χ0v) is 11.5. The first-order valence-electron chi connectivity index (χ1n) is 7.06. The molecule has 0 aliphatic carbocycles. The molecular weight excluding hydrogens is 238 g/mol. The zero-order valence-electron chi connectivity index (χ0n) is 11.5. The second-order valence-electron chi connectivity index (χ2n) is 5.22. The van der Waals surface area contributed by atoms with Crippen LogP contribution in [0, 0.1) is 0 Å². The molecule has 1 aromatic carbocycles. The van der Waals surface area contributed by atoms with Crippen molar-refractivity contribution in [2.45, 2.75) is 45.1 Å². The first-order chi connectivity index (χ1) is 9.18. The maximum atomic E-state index is 12.1. The summed E-state index contributed by atoms with van der Waals surface area (Å²) in [6.07, 6.45) is 4.01. The van der Waals surface area contributed by atoms with E-state index in [2.05, 4.69) is 6.92 Å². The smallest absolute Gasteiger partial charge is 0.223 e. The largest absolute Gasteiger partial charge is 0.340 e. The van der Waals surface area contributed by atoms with Gasteiger partial charge in [-0.15, -0.1) is 0 Å². The third kappa shape index (κ3) is 3.66. The van der Waals surface area contributed by atoms with Gasteiger partial charge in [0.2, 0.25) is 5.91 Å². The molecule has 19 heavy (non-hydrogen) atoms.